The van der Waals surface area contributed by atoms with Crippen molar-refractivity contribution in [1.82, 2.24) is 0 Å². The zero-order valence-electron chi connectivity index (χ0n) is 18.4. The van der Waals surface area contributed by atoms with E-state index in [1.54, 1.807) is 43.5 Å². The number of ether oxygens (including phenoxy) is 1. The highest BCUT2D eigenvalue weighted by atomic mass is 35.5. The molecule has 0 saturated heterocycles. The number of benzene rings is 3. The Balaban J connectivity index is 0.000000604. The molecule has 3 rings (SSSR count). The van der Waals surface area contributed by atoms with Gasteiger partial charge in [-0.3, -0.25) is 10.2 Å². The van der Waals surface area contributed by atoms with Gasteiger partial charge in [-0.15, -0.1) is 0 Å². The minimum Gasteiger partial charge on any atom is -0.466 e. The Morgan fingerprint density at radius 1 is 1.03 bits per heavy atom. The lowest BCUT2D eigenvalue weighted by Gasteiger charge is -2.15. The lowest BCUT2D eigenvalue weighted by molar-refractivity contribution is -0.140. The molecule has 1 N–H and O–H groups in total. The van der Waals surface area contributed by atoms with Crippen LogP contribution in [0.5, 0.6) is 0 Å². The summed E-state index contributed by atoms with van der Waals surface area (Å²) >= 11 is 24.9. The molecule has 0 aliphatic heterocycles. The topological polar surface area (TPSA) is 74.5 Å². The number of esters is 1. The smallest absolute Gasteiger partial charge is 0.302 e. The Morgan fingerprint density at radius 2 is 1.68 bits per heavy atom. The molecule has 9 heteroatoms. The van der Waals surface area contributed by atoms with Crippen LogP contribution >= 0.6 is 46.4 Å². The van der Waals surface area contributed by atoms with Crippen LogP contribution in [0.1, 0.15) is 36.5 Å². The highest BCUT2D eigenvalue weighted by Crippen LogP contribution is 2.39. The summed E-state index contributed by atoms with van der Waals surface area (Å²) in [5.41, 5.74) is 5.61. The standard InChI is InChI=1S/C21H13Cl4N3.C4H8O2/c22-17-7-6-14(8-18(17)23)16(11-26)21-19(24)9-15(10-20(21)25)28-27-12-13-4-2-1-3-5-13;1-3-6-4(2)5/h1-10,12,16,28H;3H2,1-2H3/b27-12+;. The predicted molar refractivity (Wildman–Crippen MR) is 140 cm³/mol. The quantitative estimate of drug-likeness (QED) is 0.197. The van der Waals surface area contributed by atoms with Gasteiger partial charge < -0.3 is 4.74 Å². The molecule has 0 aliphatic carbocycles. The van der Waals surface area contributed by atoms with Gasteiger partial charge in [-0.1, -0.05) is 82.8 Å². The van der Waals surface area contributed by atoms with Crippen LogP contribution in [-0.2, 0) is 9.53 Å². The minimum absolute atomic E-state index is 0.211. The molecule has 0 fully saturated rings. The fourth-order valence-corrected chi connectivity index (χ4v) is 3.86. The fraction of sp³-hybridized carbons (Fsp3) is 0.160. The molecule has 0 heterocycles. The Kier molecular flexibility index (Phi) is 11.2. The second kappa shape index (κ2) is 13.8. The monoisotopic (exact) mass is 535 g/mol. The van der Waals surface area contributed by atoms with Crippen LogP contribution in [0.4, 0.5) is 5.69 Å². The van der Waals surface area contributed by atoms with Crippen molar-refractivity contribution >= 4 is 64.3 Å². The highest BCUT2D eigenvalue weighted by molar-refractivity contribution is 6.42. The third-order valence-electron chi connectivity index (χ3n) is 4.33. The molecule has 0 aromatic heterocycles. The first kappa shape index (κ1) is 27.5. The summed E-state index contributed by atoms with van der Waals surface area (Å²) in [7, 11) is 0. The fourth-order valence-electron chi connectivity index (χ4n) is 2.85. The van der Waals surface area contributed by atoms with Crippen LogP contribution in [0.3, 0.4) is 0 Å². The molecule has 1 atom stereocenters. The molecule has 1 unspecified atom stereocenters. The van der Waals surface area contributed by atoms with E-state index in [-0.39, 0.29) is 5.97 Å². The molecule has 0 spiro atoms. The van der Waals surface area contributed by atoms with Crippen LogP contribution < -0.4 is 5.43 Å². The van der Waals surface area contributed by atoms with Crippen molar-refractivity contribution in [2.24, 2.45) is 5.10 Å². The van der Waals surface area contributed by atoms with Crippen LogP contribution in [0.15, 0.2) is 65.8 Å². The van der Waals surface area contributed by atoms with Crippen molar-refractivity contribution in [3.63, 3.8) is 0 Å². The number of hydrogen-bond acceptors (Lipinski definition) is 5. The van der Waals surface area contributed by atoms with Gasteiger partial charge in [0.1, 0.15) is 0 Å². The molecule has 0 aliphatic rings. The van der Waals surface area contributed by atoms with E-state index in [2.05, 4.69) is 21.3 Å². The molecule has 3 aromatic rings. The Hall–Kier alpha value is -2.75. The highest BCUT2D eigenvalue weighted by Gasteiger charge is 2.21. The first-order valence-corrected chi connectivity index (χ1v) is 11.6. The molecule has 34 heavy (non-hydrogen) atoms. The van der Waals surface area contributed by atoms with E-state index in [9.17, 15) is 10.1 Å². The van der Waals surface area contributed by atoms with Crippen LogP contribution in [0.2, 0.25) is 20.1 Å². The zero-order chi connectivity index (χ0) is 25.1. The predicted octanol–water partition coefficient (Wildman–Crippen LogP) is 7.97. The summed E-state index contributed by atoms with van der Waals surface area (Å²) < 4.78 is 4.40. The summed E-state index contributed by atoms with van der Waals surface area (Å²) in [5.74, 6) is -0.894. The second-order valence-electron chi connectivity index (χ2n) is 6.79. The van der Waals surface area contributed by atoms with Gasteiger partial charge in [0, 0.05) is 22.5 Å². The average Bonchev–Trinajstić information content (AvgIpc) is 2.79. The second-order valence-corrected chi connectivity index (χ2v) is 8.42. The first-order chi connectivity index (χ1) is 16.3. The number of rotatable bonds is 6. The Morgan fingerprint density at radius 3 is 2.18 bits per heavy atom. The van der Waals surface area contributed by atoms with Gasteiger partial charge >= 0.3 is 5.97 Å². The third kappa shape index (κ3) is 8.23. The van der Waals surface area contributed by atoms with Crippen LogP contribution in [0.25, 0.3) is 0 Å². The normalized spacial score (nSPS) is 11.2. The number of carbonyl (C=O) groups is 1. The van der Waals surface area contributed by atoms with Crippen molar-refractivity contribution in [2.75, 3.05) is 12.0 Å². The molecular weight excluding hydrogens is 516 g/mol. The molecule has 176 valence electrons. The number of hydrogen-bond donors (Lipinski definition) is 1. The van der Waals surface area contributed by atoms with Gasteiger partial charge in [-0.2, -0.15) is 10.4 Å². The lowest BCUT2D eigenvalue weighted by Crippen LogP contribution is -2.02. The number of nitriles is 1. The van der Waals surface area contributed by atoms with E-state index in [1.807, 2.05) is 30.3 Å². The largest absolute Gasteiger partial charge is 0.466 e. The number of halogens is 4. The van der Waals surface area contributed by atoms with Gasteiger partial charge in [0.25, 0.3) is 0 Å². The maximum Gasteiger partial charge on any atom is 0.302 e. The maximum absolute atomic E-state index is 9.82. The number of hydrazone groups is 1. The van der Waals surface area contributed by atoms with Gasteiger partial charge in [0.05, 0.1) is 40.5 Å². The van der Waals surface area contributed by atoms with Crippen LogP contribution in [-0.4, -0.2) is 18.8 Å². The van der Waals surface area contributed by atoms with E-state index < -0.39 is 5.92 Å². The number of nitrogens with one attached hydrogen (secondary N) is 1. The molecular formula is C25H21Cl4N3O2. The van der Waals surface area contributed by atoms with Crippen molar-refractivity contribution in [1.29, 1.82) is 5.26 Å². The van der Waals surface area contributed by atoms with Gasteiger partial charge in [0.2, 0.25) is 0 Å². The van der Waals surface area contributed by atoms with Gasteiger partial charge in [-0.25, -0.2) is 0 Å². The number of carbonyl (C=O) groups excluding carboxylic acids is 1. The van der Waals surface area contributed by atoms with Gasteiger partial charge in [-0.05, 0) is 42.3 Å². The lowest BCUT2D eigenvalue weighted by atomic mass is 9.92. The van der Waals surface area contributed by atoms with E-state index >= 15 is 0 Å². The molecule has 0 amide bonds. The molecule has 0 radical (unpaired) electrons. The molecule has 3 aromatic carbocycles. The minimum atomic E-state index is -0.684. The summed E-state index contributed by atoms with van der Waals surface area (Å²) in [6.45, 7) is 3.65. The summed E-state index contributed by atoms with van der Waals surface area (Å²) in [4.78, 5) is 9.82. The van der Waals surface area contributed by atoms with Gasteiger partial charge in [0.15, 0.2) is 0 Å². The molecule has 0 saturated carbocycles. The Bertz CT molecular complexity index is 1170. The summed E-state index contributed by atoms with van der Waals surface area (Å²) in [6, 6.07) is 20.2. The first-order valence-electron chi connectivity index (χ1n) is 10.1. The number of anilines is 1. The molecule has 0 bridgehead atoms. The van der Waals surface area contributed by atoms with Crippen molar-refractivity contribution in [3.8, 4) is 6.07 Å². The summed E-state index contributed by atoms with van der Waals surface area (Å²) in [6.07, 6.45) is 1.68. The number of nitrogens with zero attached hydrogens (tertiary/aromatic N) is 2. The van der Waals surface area contributed by atoms with E-state index in [1.165, 1.54) is 6.92 Å². The van der Waals surface area contributed by atoms with Crippen molar-refractivity contribution in [2.45, 2.75) is 19.8 Å². The van der Waals surface area contributed by atoms with E-state index in [0.717, 1.165) is 5.56 Å². The van der Waals surface area contributed by atoms with Crippen molar-refractivity contribution in [3.05, 3.63) is 97.4 Å². The maximum atomic E-state index is 9.82. The zero-order valence-corrected chi connectivity index (χ0v) is 21.4. The third-order valence-corrected chi connectivity index (χ3v) is 5.69. The van der Waals surface area contributed by atoms with Crippen molar-refractivity contribution < 1.29 is 9.53 Å². The summed E-state index contributed by atoms with van der Waals surface area (Å²) in [5, 5.41) is 15.3. The van der Waals surface area contributed by atoms with E-state index in [4.69, 9.17) is 46.4 Å². The SMILES string of the molecule is CCOC(C)=O.N#CC(c1ccc(Cl)c(Cl)c1)c1c(Cl)cc(N/N=C/c2ccccc2)cc1Cl. The average molecular weight is 537 g/mol. The van der Waals surface area contributed by atoms with Crippen LogP contribution in [0, 0.1) is 11.3 Å². The molecule has 5 nitrogen and oxygen atoms in total. The Labute approximate surface area is 218 Å². The van der Waals surface area contributed by atoms with E-state index in [0.29, 0.717) is 43.5 Å².